The summed E-state index contributed by atoms with van der Waals surface area (Å²) in [4.78, 5) is 0. The number of hydrogen-bond acceptors (Lipinski definition) is 1. The van der Waals surface area contributed by atoms with Gasteiger partial charge in [-0.1, -0.05) is 48.5 Å². The summed E-state index contributed by atoms with van der Waals surface area (Å²) in [6, 6.07) is 23.9. The van der Waals surface area contributed by atoms with Crippen molar-refractivity contribution >= 4 is 54.1 Å². The van der Waals surface area contributed by atoms with Crippen molar-refractivity contribution in [3.8, 4) is 11.1 Å². The zero-order chi connectivity index (χ0) is 13.5. The molecule has 0 N–H and O–H groups in total. The smallest absolute Gasteiger partial charge is 0.0489 e. The molecular formula is C18H11IS. The molecule has 2 heteroatoms. The van der Waals surface area contributed by atoms with Crippen LogP contribution in [0.5, 0.6) is 0 Å². The quantitative estimate of drug-likeness (QED) is 0.336. The minimum atomic E-state index is 1.28. The van der Waals surface area contributed by atoms with E-state index >= 15 is 0 Å². The van der Waals surface area contributed by atoms with Crippen molar-refractivity contribution in [2.75, 3.05) is 0 Å². The summed E-state index contributed by atoms with van der Waals surface area (Å²) in [5, 5.41) is 2.74. The average molecular weight is 386 g/mol. The Morgan fingerprint density at radius 1 is 0.700 bits per heavy atom. The van der Waals surface area contributed by atoms with Crippen LogP contribution in [0.15, 0.2) is 66.7 Å². The van der Waals surface area contributed by atoms with Crippen molar-refractivity contribution < 1.29 is 0 Å². The molecule has 0 bridgehead atoms. The van der Waals surface area contributed by atoms with E-state index in [1.54, 1.807) is 0 Å². The minimum absolute atomic E-state index is 1.28. The molecule has 0 unspecified atom stereocenters. The zero-order valence-electron chi connectivity index (χ0n) is 10.6. The van der Waals surface area contributed by atoms with Gasteiger partial charge in [0.2, 0.25) is 0 Å². The van der Waals surface area contributed by atoms with Crippen molar-refractivity contribution in [1.29, 1.82) is 0 Å². The van der Waals surface area contributed by atoms with Crippen LogP contribution in [-0.2, 0) is 0 Å². The lowest BCUT2D eigenvalue weighted by atomic mass is 10.0. The predicted molar refractivity (Wildman–Crippen MR) is 97.5 cm³/mol. The van der Waals surface area contributed by atoms with E-state index in [9.17, 15) is 0 Å². The molecule has 3 aromatic carbocycles. The molecule has 20 heavy (non-hydrogen) atoms. The topological polar surface area (TPSA) is 0 Å². The molecule has 0 saturated heterocycles. The lowest BCUT2D eigenvalue weighted by molar-refractivity contribution is 1.64. The Morgan fingerprint density at radius 2 is 1.45 bits per heavy atom. The van der Waals surface area contributed by atoms with Gasteiger partial charge in [-0.2, -0.15) is 0 Å². The summed E-state index contributed by atoms with van der Waals surface area (Å²) in [5.41, 5.74) is 2.58. The third kappa shape index (κ3) is 1.95. The number of hydrogen-bond donors (Lipinski definition) is 0. The van der Waals surface area contributed by atoms with Crippen molar-refractivity contribution in [2.24, 2.45) is 0 Å². The highest BCUT2D eigenvalue weighted by Gasteiger charge is 2.09. The van der Waals surface area contributed by atoms with Crippen molar-refractivity contribution in [1.82, 2.24) is 0 Å². The molecule has 0 amide bonds. The van der Waals surface area contributed by atoms with E-state index in [2.05, 4.69) is 89.3 Å². The molecule has 0 nitrogen and oxygen atoms in total. The minimum Gasteiger partial charge on any atom is -0.134 e. The molecule has 0 radical (unpaired) electrons. The SMILES string of the molecule is Ic1cc(-c2ccccc2)cc2c1sc1ccccc12. The number of thiophene rings is 1. The molecular weight excluding hydrogens is 375 g/mol. The Labute approximate surface area is 135 Å². The van der Waals surface area contributed by atoms with Gasteiger partial charge >= 0.3 is 0 Å². The van der Waals surface area contributed by atoms with E-state index < -0.39 is 0 Å². The first-order valence-electron chi connectivity index (χ1n) is 6.49. The normalized spacial score (nSPS) is 11.2. The van der Waals surface area contributed by atoms with Gasteiger partial charge in [-0.15, -0.1) is 11.3 Å². The number of rotatable bonds is 1. The van der Waals surface area contributed by atoms with E-state index in [0.717, 1.165) is 0 Å². The summed E-state index contributed by atoms with van der Waals surface area (Å²) in [5.74, 6) is 0. The van der Waals surface area contributed by atoms with Gasteiger partial charge in [0.05, 0.1) is 0 Å². The molecule has 0 atom stereocenters. The monoisotopic (exact) mass is 386 g/mol. The summed E-state index contributed by atoms with van der Waals surface area (Å²) >= 11 is 4.34. The Kier molecular flexibility index (Phi) is 3.00. The van der Waals surface area contributed by atoms with Crippen LogP contribution in [0.2, 0.25) is 0 Å². The second kappa shape index (κ2) is 4.86. The maximum Gasteiger partial charge on any atom is 0.0489 e. The highest BCUT2D eigenvalue weighted by atomic mass is 127. The van der Waals surface area contributed by atoms with Crippen LogP contribution in [-0.4, -0.2) is 0 Å². The molecule has 0 aliphatic heterocycles. The van der Waals surface area contributed by atoms with E-state index in [1.165, 1.54) is 34.9 Å². The molecule has 0 fully saturated rings. The van der Waals surface area contributed by atoms with Gasteiger partial charge in [-0.05, 0) is 51.9 Å². The lowest BCUT2D eigenvalue weighted by Gasteiger charge is -2.04. The summed E-state index contributed by atoms with van der Waals surface area (Å²) in [6.45, 7) is 0. The highest BCUT2D eigenvalue weighted by molar-refractivity contribution is 14.1. The number of fused-ring (bicyclic) bond motifs is 3. The fraction of sp³-hybridized carbons (Fsp3) is 0. The van der Waals surface area contributed by atoms with Gasteiger partial charge in [0, 0.05) is 23.7 Å². The van der Waals surface area contributed by atoms with E-state index in [4.69, 9.17) is 0 Å². The van der Waals surface area contributed by atoms with Crippen LogP contribution in [0.25, 0.3) is 31.3 Å². The molecule has 0 aliphatic carbocycles. The van der Waals surface area contributed by atoms with Crippen LogP contribution in [0.4, 0.5) is 0 Å². The first-order chi connectivity index (χ1) is 9.83. The van der Waals surface area contributed by atoms with Crippen molar-refractivity contribution in [3.63, 3.8) is 0 Å². The highest BCUT2D eigenvalue weighted by Crippen LogP contribution is 2.39. The third-order valence-electron chi connectivity index (χ3n) is 3.54. The second-order valence-corrected chi connectivity index (χ2v) is 7.01. The molecule has 0 saturated carbocycles. The van der Waals surface area contributed by atoms with Crippen molar-refractivity contribution in [3.05, 3.63) is 70.3 Å². The van der Waals surface area contributed by atoms with Gasteiger partial charge in [-0.3, -0.25) is 0 Å². The van der Waals surface area contributed by atoms with Crippen LogP contribution in [0.1, 0.15) is 0 Å². The zero-order valence-corrected chi connectivity index (χ0v) is 13.6. The van der Waals surface area contributed by atoms with Gasteiger partial charge in [-0.25, -0.2) is 0 Å². The molecule has 4 rings (SSSR count). The van der Waals surface area contributed by atoms with Gasteiger partial charge in [0.25, 0.3) is 0 Å². The third-order valence-corrected chi connectivity index (χ3v) is 5.98. The maximum atomic E-state index is 2.46. The summed E-state index contributed by atoms with van der Waals surface area (Å²) < 4.78 is 4.09. The molecule has 0 aliphatic rings. The molecule has 4 aromatic rings. The van der Waals surface area contributed by atoms with E-state index in [1.807, 2.05) is 11.3 Å². The van der Waals surface area contributed by atoms with E-state index in [0.29, 0.717) is 0 Å². The van der Waals surface area contributed by atoms with Crippen LogP contribution < -0.4 is 0 Å². The second-order valence-electron chi connectivity index (χ2n) is 4.80. The van der Waals surface area contributed by atoms with Crippen LogP contribution in [0.3, 0.4) is 0 Å². The summed E-state index contributed by atoms with van der Waals surface area (Å²) in [7, 11) is 0. The molecule has 1 aromatic heterocycles. The maximum absolute atomic E-state index is 2.46. The van der Waals surface area contributed by atoms with E-state index in [-0.39, 0.29) is 0 Å². The molecule has 1 heterocycles. The standard InChI is InChI=1S/C18H11IS/c19-16-11-13(12-6-2-1-3-7-12)10-15-14-8-4-5-9-17(14)20-18(15)16/h1-11H. The number of benzene rings is 3. The number of halogens is 1. The van der Waals surface area contributed by atoms with Crippen molar-refractivity contribution in [2.45, 2.75) is 0 Å². The van der Waals surface area contributed by atoms with Gasteiger partial charge in [0.15, 0.2) is 0 Å². The van der Waals surface area contributed by atoms with Gasteiger partial charge in [0.1, 0.15) is 0 Å². The largest absolute Gasteiger partial charge is 0.134 e. The Morgan fingerprint density at radius 3 is 2.30 bits per heavy atom. The Balaban J connectivity index is 2.08. The van der Waals surface area contributed by atoms with Crippen LogP contribution >= 0.6 is 33.9 Å². The average Bonchev–Trinajstić information content (AvgIpc) is 2.88. The molecule has 96 valence electrons. The van der Waals surface area contributed by atoms with Gasteiger partial charge < -0.3 is 0 Å². The molecule has 0 spiro atoms. The lowest BCUT2D eigenvalue weighted by Crippen LogP contribution is -1.80. The fourth-order valence-electron chi connectivity index (χ4n) is 2.58. The Bertz CT molecular complexity index is 907. The first kappa shape index (κ1) is 12.4. The predicted octanol–water partition coefficient (Wildman–Crippen LogP) is 6.33. The van der Waals surface area contributed by atoms with Crippen LogP contribution in [0, 0.1) is 3.57 Å². The summed E-state index contributed by atoms with van der Waals surface area (Å²) in [6.07, 6.45) is 0. The fourth-order valence-corrected chi connectivity index (χ4v) is 4.63. The first-order valence-corrected chi connectivity index (χ1v) is 8.39. The Hall–Kier alpha value is -1.39.